The number of aromatic nitrogens is 4. The van der Waals surface area contributed by atoms with Gasteiger partial charge in [0.2, 0.25) is 5.88 Å². The lowest BCUT2D eigenvalue weighted by molar-refractivity contribution is 0.128. The van der Waals surface area contributed by atoms with Crippen LogP contribution in [0.15, 0.2) is 36.5 Å². The molecule has 33 heavy (non-hydrogen) atoms. The fourth-order valence-corrected chi connectivity index (χ4v) is 5.17. The molecule has 3 heterocycles. The first-order valence-corrected chi connectivity index (χ1v) is 11.1. The van der Waals surface area contributed by atoms with Crippen LogP contribution in [0.4, 0.5) is 4.39 Å². The van der Waals surface area contributed by atoms with Crippen molar-refractivity contribution >= 4 is 0 Å². The largest absolute Gasteiger partial charge is 0.507 e. The molecule has 1 fully saturated rings. The summed E-state index contributed by atoms with van der Waals surface area (Å²) in [5.74, 6) is 0.152. The highest BCUT2D eigenvalue weighted by Gasteiger charge is 2.37. The maximum Gasteiger partial charge on any atom is 0.233 e. The number of halogens is 1. The third-order valence-corrected chi connectivity index (χ3v) is 6.01. The molecule has 0 unspecified atom stereocenters. The molecule has 4 rings (SSSR count). The first-order chi connectivity index (χ1) is 15.5. The number of nitrogens with zero attached hydrogens (tertiary/aromatic N) is 4. The number of ether oxygens (including phenoxy) is 1. The number of phenolic OH excluding ortho intramolecular Hbond substituents is 1. The highest BCUT2D eigenvalue weighted by molar-refractivity contribution is 5.74. The Kier molecular flexibility index (Phi) is 6.05. The fourth-order valence-electron chi connectivity index (χ4n) is 5.17. The van der Waals surface area contributed by atoms with Gasteiger partial charge in [0.25, 0.3) is 0 Å². The molecular weight excluding hydrogens is 421 g/mol. The number of phenols is 1. The normalized spacial score (nSPS) is 17.6. The third kappa shape index (κ3) is 5.27. The number of aromatic hydroxyl groups is 1. The van der Waals surface area contributed by atoms with Gasteiger partial charge in [0.15, 0.2) is 0 Å². The molecular formula is C25H30FN5O2. The van der Waals surface area contributed by atoms with Gasteiger partial charge in [-0.2, -0.15) is 15.3 Å². The van der Waals surface area contributed by atoms with Gasteiger partial charge in [0, 0.05) is 33.8 Å². The van der Waals surface area contributed by atoms with E-state index in [-0.39, 0.29) is 33.8 Å². The summed E-state index contributed by atoms with van der Waals surface area (Å²) in [4.78, 5) is 0. The third-order valence-electron chi connectivity index (χ3n) is 6.01. The number of rotatable bonds is 5. The molecule has 1 aromatic carbocycles. The van der Waals surface area contributed by atoms with Gasteiger partial charge in [0.1, 0.15) is 11.6 Å². The van der Waals surface area contributed by atoms with Gasteiger partial charge in [-0.15, -0.1) is 5.10 Å². The molecule has 174 valence electrons. The standard InChI is InChI=1S/C25H30FN5O2/c1-24(2)12-15(13-25(3,4)31-24)8-17-6-7-21(29-28-17)19-10-20(26)18(11-22(19)32)16-9-23(33-5)30-27-14-16/h6-7,9-11,14-15,31-32H,8,12-13H2,1-5H3. The number of nitrogens with one attached hydrogen (secondary N) is 1. The van der Waals surface area contributed by atoms with E-state index in [0.717, 1.165) is 25.0 Å². The molecule has 1 aliphatic heterocycles. The lowest BCUT2D eigenvalue weighted by Gasteiger charge is -2.46. The van der Waals surface area contributed by atoms with Crippen molar-refractivity contribution in [3.63, 3.8) is 0 Å². The number of benzene rings is 1. The molecule has 1 aliphatic rings. The average Bonchev–Trinajstić information content (AvgIpc) is 2.73. The van der Waals surface area contributed by atoms with Crippen LogP contribution in [-0.4, -0.2) is 43.7 Å². The molecule has 0 saturated carbocycles. The zero-order chi connectivity index (χ0) is 23.8. The molecule has 2 N–H and O–H groups in total. The number of piperidine rings is 1. The van der Waals surface area contributed by atoms with Crippen molar-refractivity contribution in [3.8, 4) is 34.0 Å². The van der Waals surface area contributed by atoms with Gasteiger partial charge >= 0.3 is 0 Å². The maximum absolute atomic E-state index is 14.9. The Morgan fingerprint density at radius 2 is 1.76 bits per heavy atom. The van der Waals surface area contributed by atoms with Crippen molar-refractivity contribution in [2.45, 2.75) is 58.0 Å². The number of methoxy groups -OCH3 is 1. The van der Waals surface area contributed by atoms with E-state index < -0.39 is 5.82 Å². The monoisotopic (exact) mass is 451 g/mol. The molecule has 0 amide bonds. The summed E-state index contributed by atoms with van der Waals surface area (Å²) < 4.78 is 20.0. The van der Waals surface area contributed by atoms with Crippen LogP contribution in [0.5, 0.6) is 11.6 Å². The van der Waals surface area contributed by atoms with Crippen LogP contribution in [-0.2, 0) is 6.42 Å². The second-order valence-corrected chi connectivity index (χ2v) is 10.1. The fraction of sp³-hybridized carbons (Fsp3) is 0.440. The Balaban J connectivity index is 1.55. The SMILES string of the molecule is COc1cc(-c2cc(O)c(-c3ccc(CC4CC(C)(C)NC(C)(C)C4)nn3)cc2F)cnn1. The summed E-state index contributed by atoms with van der Waals surface area (Å²) in [6.45, 7) is 8.92. The van der Waals surface area contributed by atoms with E-state index in [4.69, 9.17) is 4.74 Å². The Bertz CT molecular complexity index is 1130. The van der Waals surface area contributed by atoms with Crippen molar-refractivity contribution in [2.75, 3.05) is 7.11 Å². The highest BCUT2D eigenvalue weighted by Crippen LogP contribution is 2.36. The van der Waals surface area contributed by atoms with Gasteiger partial charge in [-0.25, -0.2) is 4.39 Å². The van der Waals surface area contributed by atoms with E-state index in [1.54, 1.807) is 12.1 Å². The second kappa shape index (κ2) is 8.67. The van der Waals surface area contributed by atoms with Gasteiger partial charge in [-0.05, 0) is 77.1 Å². The smallest absolute Gasteiger partial charge is 0.233 e. The average molecular weight is 452 g/mol. The molecule has 7 nitrogen and oxygen atoms in total. The van der Waals surface area contributed by atoms with Crippen LogP contribution in [0.3, 0.4) is 0 Å². The molecule has 0 atom stereocenters. The summed E-state index contributed by atoms with van der Waals surface area (Å²) in [7, 11) is 1.46. The zero-order valence-corrected chi connectivity index (χ0v) is 19.7. The topological polar surface area (TPSA) is 93.1 Å². The second-order valence-electron chi connectivity index (χ2n) is 10.1. The summed E-state index contributed by atoms with van der Waals surface area (Å²) >= 11 is 0. The van der Waals surface area contributed by atoms with Gasteiger partial charge in [-0.1, -0.05) is 0 Å². The predicted octanol–water partition coefficient (Wildman–Crippen LogP) is 4.55. The quantitative estimate of drug-likeness (QED) is 0.588. The van der Waals surface area contributed by atoms with Crippen LogP contribution in [0.2, 0.25) is 0 Å². The van der Waals surface area contributed by atoms with Crippen molar-refractivity contribution in [1.29, 1.82) is 0 Å². The van der Waals surface area contributed by atoms with E-state index in [1.807, 2.05) is 6.07 Å². The van der Waals surface area contributed by atoms with Crippen molar-refractivity contribution in [1.82, 2.24) is 25.7 Å². The van der Waals surface area contributed by atoms with Crippen LogP contribution in [0, 0.1) is 11.7 Å². The molecule has 3 aromatic rings. The van der Waals surface area contributed by atoms with Crippen molar-refractivity contribution < 1.29 is 14.2 Å². The summed E-state index contributed by atoms with van der Waals surface area (Å²) in [5.41, 5.74) is 2.38. The minimum Gasteiger partial charge on any atom is -0.507 e. The van der Waals surface area contributed by atoms with Crippen LogP contribution >= 0.6 is 0 Å². The summed E-state index contributed by atoms with van der Waals surface area (Å²) in [6, 6.07) is 7.87. The summed E-state index contributed by atoms with van der Waals surface area (Å²) in [6.07, 6.45) is 4.36. The molecule has 0 bridgehead atoms. The molecule has 2 aromatic heterocycles. The van der Waals surface area contributed by atoms with E-state index in [9.17, 15) is 9.50 Å². The first kappa shape index (κ1) is 23.0. The molecule has 0 radical (unpaired) electrons. The zero-order valence-electron chi connectivity index (χ0n) is 19.7. The van der Waals surface area contributed by atoms with Gasteiger partial charge in [-0.3, -0.25) is 0 Å². The first-order valence-electron chi connectivity index (χ1n) is 11.1. The Hall–Kier alpha value is -3.13. The number of hydrogen-bond donors (Lipinski definition) is 2. The number of hydrogen-bond acceptors (Lipinski definition) is 7. The maximum atomic E-state index is 14.9. The molecule has 0 aliphatic carbocycles. The minimum absolute atomic E-state index is 0.0687. The summed E-state index contributed by atoms with van der Waals surface area (Å²) in [5, 5.41) is 30.6. The van der Waals surface area contributed by atoms with Crippen molar-refractivity contribution in [2.24, 2.45) is 5.92 Å². The molecule has 8 heteroatoms. The van der Waals surface area contributed by atoms with E-state index in [0.29, 0.717) is 17.2 Å². The molecule has 1 saturated heterocycles. The van der Waals surface area contributed by atoms with E-state index in [1.165, 1.54) is 25.4 Å². The lowest BCUT2D eigenvalue weighted by Crippen LogP contribution is -2.58. The van der Waals surface area contributed by atoms with E-state index in [2.05, 4.69) is 53.4 Å². The van der Waals surface area contributed by atoms with Gasteiger partial charge in [0.05, 0.1) is 24.7 Å². The Morgan fingerprint density at radius 1 is 1.03 bits per heavy atom. The lowest BCUT2D eigenvalue weighted by atomic mass is 9.74. The Morgan fingerprint density at radius 3 is 2.39 bits per heavy atom. The molecule has 0 spiro atoms. The van der Waals surface area contributed by atoms with E-state index >= 15 is 0 Å². The van der Waals surface area contributed by atoms with Gasteiger partial charge < -0.3 is 15.2 Å². The van der Waals surface area contributed by atoms with Crippen LogP contribution in [0.1, 0.15) is 46.2 Å². The Labute approximate surface area is 193 Å². The minimum atomic E-state index is -0.511. The van der Waals surface area contributed by atoms with Crippen molar-refractivity contribution in [3.05, 3.63) is 48.0 Å². The van der Waals surface area contributed by atoms with Crippen LogP contribution in [0.25, 0.3) is 22.4 Å². The predicted molar refractivity (Wildman–Crippen MR) is 124 cm³/mol. The highest BCUT2D eigenvalue weighted by atomic mass is 19.1. The van der Waals surface area contributed by atoms with Crippen LogP contribution < -0.4 is 10.1 Å².